The van der Waals surface area contributed by atoms with E-state index in [1.807, 2.05) is 49.4 Å². The summed E-state index contributed by atoms with van der Waals surface area (Å²) in [7, 11) is -2.95. The highest BCUT2D eigenvalue weighted by atomic mass is 32.3. The average Bonchev–Trinajstić information content (AvgIpc) is 3.45. The lowest BCUT2D eigenvalue weighted by atomic mass is 10.00. The Balaban J connectivity index is 1.31. The first kappa shape index (κ1) is 30.2. The molecule has 0 radical (unpaired) electrons. The Morgan fingerprint density at radius 2 is 1.88 bits per heavy atom. The van der Waals surface area contributed by atoms with Gasteiger partial charge in [-0.2, -0.15) is 0 Å². The lowest BCUT2D eigenvalue weighted by molar-refractivity contribution is 0.0830. The van der Waals surface area contributed by atoms with Gasteiger partial charge in [-0.3, -0.25) is 18.2 Å². The van der Waals surface area contributed by atoms with Gasteiger partial charge in [0.05, 0.1) is 30.2 Å². The fourth-order valence-electron chi connectivity index (χ4n) is 5.53. The minimum atomic E-state index is -2.95. The smallest absolute Gasteiger partial charge is 0.251 e. The number of hydrogen-bond acceptors (Lipinski definition) is 8. The van der Waals surface area contributed by atoms with Gasteiger partial charge in [0.2, 0.25) is 0 Å². The normalized spacial score (nSPS) is 18.0. The molecule has 9 nitrogen and oxygen atoms in total. The number of hydrogen-bond donors (Lipinski definition) is 6. The molecule has 0 aromatic heterocycles. The first-order chi connectivity index (χ1) is 20.3. The molecule has 2 aliphatic heterocycles. The number of amides is 1. The molecule has 1 amide bonds. The zero-order chi connectivity index (χ0) is 29.5. The lowest BCUT2D eigenvalue weighted by Crippen LogP contribution is -2.48. The molecular weight excluding hydrogens is 552 g/mol. The summed E-state index contributed by atoms with van der Waals surface area (Å²) in [4.78, 5) is 13.7. The van der Waals surface area contributed by atoms with Gasteiger partial charge in [0.25, 0.3) is 5.91 Å². The number of carbonyl (C=O) groups excluding carboxylic acids is 1. The van der Waals surface area contributed by atoms with Crippen molar-refractivity contribution in [1.82, 2.24) is 10.6 Å². The van der Waals surface area contributed by atoms with Crippen molar-refractivity contribution in [3.05, 3.63) is 89.0 Å². The maximum Gasteiger partial charge on any atom is 0.251 e. The Kier molecular flexibility index (Phi) is 9.91. The molecule has 2 atom stereocenters. The lowest BCUT2D eigenvalue weighted by Gasteiger charge is -2.47. The molecule has 1 saturated heterocycles. The fourth-order valence-corrected chi connectivity index (χ4v) is 7.20. The summed E-state index contributed by atoms with van der Waals surface area (Å²) in [5.74, 6) is 0.908. The van der Waals surface area contributed by atoms with Crippen LogP contribution in [0.25, 0.3) is 0 Å². The van der Waals surface area contributed by atoms with Crippen molar-refractivity contribution in [2.24, 2.45) is 0 Å². The number of nitrogens with zero attached hydrogens (tertiary/aromatic N) is 1. The Morgan fingerprint density at radius 1 is 1.05 bits per heavy atom. The Bertz CT molecular complexity index is 1360. The number of nitrogens with one attached hydrogen (secondary N) is 3. The quantitative estimate of drug-likeness (QED) is 0.176. The van der Waals surface area contributed by atoms with Gasteiger partial charge in [0, 0.05) is 43.9 Å². The van der Waals surface area contributed by atoms with Gasteiger partial charge in [-0.25, -0.2) is 0 Å². The molecule has 1 fully saturated rings. The van der Waals surface area contributed by atoms with Crippen LogP contribution < -0.4 is 25.0 Å². The minimum Gasteiger partial charge on any atom is -0.493 e. The number of anilines is 2. The van der Waals surface area contributed by atoms with E-state index in [1.165, 1.54) is 5.56 Å². The number of fused-ring (bicyclic) bond motifs is 1. The third kappa shape index (κ3) is 7.56. The number of carbonyl (C=O) groups is 1. The van der Waals surface area contributed by atoms with E-state index >= 15 is 0 Å². The third-order valence-electron chi connectivity index (χ3n) is 7.75. The van der Waals surface area contributed by atoms with Crippen molar-refractivity contribution in [2.45, 2.75) is 51.3 Å². The number of aliphatic hydroxyl groups is 1. The first-order valence-corrected chi connectivity index (χ1v) is 16.4. The number of ether oxygens (including phenoxy) is 1. The van der Waals surface area contributed by atoms with E-state index in [0.717, 1.165) is 41.8 Å². The van der Waals surface area contributed by atoms with Crippen LogP contribution in [0.1, 0.15) is 46.8 Å². The first-order valence-electron chi connectivity index (χ1n) is 14.7. The zero-order valence-corrected chi connectivity index (χ0v) is 24.9. The van der Waals surface area contributed by atoms with E-state index in [9.17, 15) is 19.0 Å². The van der Waals surface area contributed by atoms with Crippen LogP contribution >= 0.6 is 10.8 Å². The zero-order valence-electron chi connectivity index (χ0n) is 24.1. The second kappa shape index (κ2) is 13.8. The highest BCUT2D eigenvalue weighted by molar-refractivity contribution is 8.25. The molecule has 10 heteroatoms. The van der Waals surface area contributed by atoms with E-state index < -0.39 is 22.9 Å². The van der Waals surface area contributed by atoms with Crippen molar-refractivity contribution >= 4 is 28.1 Å². The summed E-state index contributed by atoms with van der Waals surface area (Å²) in [6, 6.07) is 20.7. The Hall–Kier alpha value is -3.28. The van der Waals surface area contributed by atoms with Gasteiger partial charge < -0.3 is 25.8 Å². The summed E-state index contributed by atoms with van der Waals surface area (Å²) in [6.45, 7) is 4.69. The van der Waals surface area contributed by atoms with Gasteiger partial charge in [-0.15, -0.1) is 10.8 Å². The molecule has 0 aliphatic carbocycles. The van der Waals surface area contributed by atoms with Crippen LogP contribution in [0.15, 0.2) is 66.7 Å². The monoisotopic (exact) mass is 594 g/mol. The molecule has 3 aromatic rings. The van der Waals surface area contributed by atoms with Crippen LogP contribution in [0.3, 0.4) is 0 Å². The highest BCUT2D eigenvalue weighted by Crippen LogP contribution is 2.50. The molecule has 0 spiro atoms. The maximum atomic E-state index is 13.7. The van der Waals surface area contributed by atoms with Crippen molar-refractivity contribution in [3.63, 3.8) is 0 Å². The SMILES string of the molecule is CCNc1cc(C(=O)N[C@@H](Cc2ccccc2)[C@H](O)CNCc2ccc3c(c2)OCC3)cc(N2CCCCS2(O)O)c1. The number of rotatable bonds is 12. The summed E-state index contributed by atoms with van der Waals surface area (Å²) >= 11 is 0. The Morgan fingerprint density at radius 3 is 2.67 bits per heavy atom. The van der Waals surface area contributed by atoms with Crippen LogP contribution in [0.4, 0.5) is 11.4 Å². The fraction of sp³-hybridized carbons (Fsp3) is 0.406. The van der Waals surface area contributed by atoms with Crippen molar-refractivity contribution < 1.29 is 23.7 Å². The molecule has 6 N–H and O–H groups in total. The van der Waals surface area contributed by atoms with E-state index in [1.54, 1.807) is 16.4 Å². The summed E-state index contributed by atoms with van der Waals surface area (Å²) in [5.41, 5.74) is 5.00. The molecule has 2 heterocycles. The molecule has 3 aromatic carbocycles. The van der Waals surface area contributed by atoms with Crippen LogP contribution in [-0.2, 0) is 19.4 Å². The molecular formula is C32H42N4O5S. The van der Waals surface area contributed by atoms with Gasteiger partial charge in [0.1, 0.15) is 5.75 Å². The minimum absolute atomic E-state index is 0.285. The maximum absolute atomic E-state index is 13.7. The highest BCUT2D eigenvalue weighted by Gasteiger charge is 2.28. The van der Waals surface area contributed by atoms with Crippen LogP contribution in [0.5, 0.6) is 5.75 Å². The molecule has 0 saturated carbocycles. The number of benzene rings is 3. The molecule has 2 aliphatic rings. The van der Waals surface area contributed by atoms with Gasteiger partial charge in [-0.05, 0) is 67.1 Å². The molecule has 226 valence electrons. The van der Waals surface area contributed by atoms with E-state index in [-0.39, 0.29) is 12.5 Å². The standard InChI is InChI=1S/C32H42N4O5S/c1-2-34-27-18-26(19-28(20-27)36-13-6-7-15-42(36,39)40)32(38)35-29(16-23-8-4-3-5-9-23)30(37)22-33-21-24-10-11-25-12-14-41-31(25)17-24/h3-5,8-11,17-20,29-30,33-34,37,39-40H,2,6-7,12-16,21-22H2,1H3,(H,35,38)/t29-,30+/m0/s1. The van der Waals surface area contributed by atoms with Gasteiger partial charge in [-0.1, -0.05) is 42.5 Å². The van der Waals surface area contributed by atoms with Crippen LogP contribution in [0.2, 0.25) is 0 Å². The van der Waals surface area contributed by atoms with Crippen molar-refractivity contribution in [3.8, 4) is 5.75 Å². The molecule has 5 rings (SSSR count). The molecule has 42 heavy (non-hydrogen) atoms. The van der Waals surface area contributed by atoms with Gasteiger partial charge >= 0.3 is 0 Å². The third-order valence-corrected chi connectivity index (χ3v) is 9.69. The largest absolute Gasteiger partial charge is 0.493 e. The van der Waals surface area contributed by atoms with E-state index in [4.69, 9.17) is 4.74 Å². The topological polar surface area (TPSA) is 126 Å². The Labute approximate surface area is 249 Å². The van der Waals surface area contributed by atoms with Crippen LogP contribution in [-0.4, -0.2) is 64.3 Å². The van der Waals surface area contributed by atoms with Crippen molar-refractivity contribution in [2.75, 3.05) is 41.6 Å². The average molecular weight is 595 g/mol. The van der Waals surface area contributed by atoms with E-state index in [0.29, 0.717) is 49.7 Å². The second-order valence-electron chi connectivity index (χ2n) is 11.0. The second-order valence-corrected chi connectivity index (χ2v) is 13.1. The number of aliphatic hydroxyl groups excluding tert-OH is 1. The summed E-state index contributed by atoms with van der Waals surface area (Å²) < 4.78 is 28.8. The predicted molar refractivity (Wildman–Crippen MR) is 170 cm³/mol. The molecule has 0 bridgehead atoms. The van der Waals surface area contributed by atoms with Crippen LogP contribution in [0, 0.1) is 0 Å². The summed E-state index contributed by atoms with van der Waals surface area (Å²) in [6.07, 6.45) is 2.13. The van der Waals surface area contributed by atoms with E-state index in [2.05, 4.69) is 28.1 Å². The van der Waals surface area contributed by atoms with Gasteiger partial charge in [0.15, 0.2) is 0 Å². The molecule has 0 unspecified atom stereocenters. The predicted octanol–water partition coefficient (Wildman–Crippen LogP) is 4.81. The van der Waals surface area contributed by atoms with Crippen molar-refractivity contribution in [1.29, 1.82) is 0 Å². The summed E-state index contributed by atoms with van der Waals surface area (Å²) in [5, 5.41) is 20.9.